The number of nitrogens with one attached hydrogen (secondary N) is 1. The quantitative estimate of drug-likeness (QED) is 0.306. The van der Waals surface area contributed by atoms with Crippen molar-refractivity contribution in [2.45, 2.75) is 13.1 Å². The molecule has 1 amide bonds. The van der Waals surface area contributed by atoms with Crippen LogP contribution in [-0.2, 0) is 17.9 Å². The zero-order chi connectivity index (χ0) is 19.3. The lowest BCUT2D eigenvalue weighted by Crippen LogP contribution is -2.14. The van der Waals surface area contributed by atoms with Crippen LogP contribution in [0.2, 0.25) is 0 Å². The zero-order valence-corrected chi connectivity index (χ0v) is 14.9. The highest BCUT2D eigenvalue weighted by Crippen LogP contribution is 2.18. The molecule has 0 spiro atoms. The van der Waals surface area contributed by atoms with Crippen LogP contribution >= 0.6 is 0 Å². The molecule has 0 bridgehead atoms. The average molecular weight is 374 g/mol. The maximum Gasteiger partial charge on any atom is 0.267 e. The first-order valence-corrected chi connectivity index (χ1v) is 8.73. The number of carbonyl (C=O) groups excluding carboxylic acids is 1. The van der Waals surface area contributed by atoms with E-state index in [1.807, 2.05) is 36.4 Å². The van der Waals surface area contributed by atoms with Gasteiger partial charge in [0.25, 0.3) is 5.91 Å². The Kier molecular flexibility index (Phi) is 4.94. The Bertz CT molecular complexity index is 1130. The summed E-state index contributed by atoms with van der Waals surface area (Å²) in [7, 11) is 0. The summed E-state index contributed by atoms with van der Waals surface area (Å²) in [4.78, 5) is 15.8. The number of fused-ring (bicyclic) bond motifs is 1. The maximum atomic E-state index is 11.1. The van der Waals surface area contributed by atoms with E-state index >= 15 is 0 Å². The van der Waals surface area contributed by atoms with Gasteiger partial charge in [0.15, 0.2) is 0 Å². The summed E-state index contributed by atoms with van der Waals surface area (Å²) in [6.07, 6.45) is 4.37. The van der Waals surface area contributed by atoms with E-state index in [1.54, 1.807) is 10.9 Å². The van der Waals surface area contributed by atoms with E-state index in [2.05, 4.69) is 33.1 Å². The first-order valence-electron chi connectivity index (χ1n) is 8.73. The molecule has 2 aromatic heterocycles. The standard InChI is InChI=1S/C20H18N6O2/c27-20(23-28)11-10-16-13-25(24-22-16)14-19-21-17-8-4-5-9-18(17)26(19)12-15-6-2-1-3-7-15/h1-11,13,28H,12,14H2,(H,23,27). The molecule has 140 valence electrons. The zero-order valence-electron chi connectivity index (χ0n) is 14.9. The molecule has 0 fully saturated rings. The van der Waals surface area contributed by atoms with Gasteiger partial charge in [-0.15, -0.1) is 5.10 Å². The third kappa shape index (κ3) is 3.81. The minimum atomic E-state index is -0.626. The lowest BCUT2D eigenvalue weighted by Gasteiger charge is -2.09. The second-order valence-electron chi connectivity index (χ2n) is 6.24. The van der Waals surface area contributed by atoms with Gasteiger partial charge in [-0.2, -0.15) is 0 Å². The minimum Gasteiger partial charge on any atom is -0.322 e. The molecule has 0 aliphatic heterocycles. The van der Waals surface area contributed by atoms with Gasteiger partial charge in [0.2, 0.25) is 0 Å². The van der Waals surface area contributed by atoms with Gasteiger partial charge in [-0.1, -0.05) is 47.7 Å². The monoisotopic (exact) mass is 374 g/mol. The molecule has 2 heterocycles. The first kappa shape index (κ1) is 17.6. The summed E-state index contributed by atoms with van der Waals surface area (Å²) in [5, 5.41) is 16.6. The van der Waals surface area contributed by atoms with E-state index in [0.29, 0.717) is 18.8 Å². The number of rotatable bonds is 6. The van der Waals surface area contributed by atoms with Gasteiger partial charge >= 0.3 is 0 Å². The van der Waals surface area contributed by atoms with Crippen molar-refractivity contribution in [1.82, 2.24) is 30.0 Å². The van der Waals surface area contributed by atoms with Crippen molar-refractivity contribution in [2.24, 2.45) is 0 Å². The SMILES string of the molecule is O=C(C=Cc1cn(Cc2nc3ccccc3n2Cc2ccccc2)nn1)NO. The third-order valence-corrected chi connectivity index (χ3v) is 4.29. The second-order valence-corrected chi connectivity index (χ2v) is 6.24. The van der Waals surface area contributed by atoms with Crippen LogP contribution in [0.15, 0.2) is 66.9 Å². The van der Waals surface area contributed by atoms with Crippen LogP contribution in [-0.4, -0.2) is 35.7 Å². The number of hydrogen-bond acceptors (Lipinski definition) is 5. The molecule has 4 aromatic rings. The number of para-hydroxylation sites is 2. The lowest BCUT2D eigenvalue weighted by molar-refractivity contribution is -0.124. The van der Waals surface area contributed by atoms with Gasteiger partial charge in [0.1, 0.15) is 18.1 Å². The molecule has 4 rings (SSSR count). The molecule has 0 saturated carbocycles. The smallest absolute Gasteiger partial charge is 0.267 e. The number of imidazole rings is 1. The molecular formula is C20H18N6O2. The number of nitrogens with zero attached hydrogens (tertiary/aromatic N) is 5. The third-order valence-electron chi connectivity index (χ3n) is 4.29. The highest BCUT2D eigenvalue weighted by molar-refractivity contribution is 5.90. The highest BCUT2D eigenvalue weighted by Gasteiger charge is 2.12. The van der Waals surface area contributed by atoms with Crippen LogP contribution in [0.3, 0.4) is 0 Å². The topological polar surface area (TPSA) is 97.9 Å². The van der Waals surface area contributed by atoms with E-state index in [4.69, 9.17) is 10.2 Å². The van der Waals surface area contributed by atoms with Crippen molar-refractivity contribution in [1.29, 1.82) is 0 Å². The van der Waals surface area contributed by atoms with E-state index in [-0.39, 0.29) is 0 Å². The number of carbonyl (C=O) groups is 1. The summed E-state index contributed by atoms with van der Waals surface area (Å²) in [6.45, 7) is 1.14. The fourth-order valence-electron chi connectivity index (χ4n) is 3.00. The van der Waals surface area contributed by atoms with Crippen LogP contribution in [0.5, 0.6) is 0 Å². The summed E-state index contributed by atoms with van der Waals surface area (Å²) < 4.78 is 3.83. The first-order chi connectivity index (χ1) is 13.7. The van der Waals surface area contributed by atoms with Crippen LogP contribution < -0.4 is 5.48 Å². The molecule has 2 N–H and O–H groups in total. The van der Waals surface area contributed by atoms with Gasteiger partial charge in [0, 0.05) is 12.6 Å². The van der Waals surface area contributed by atoms with Gasteiger partial charge in [0.05, 0.1) is 17.2 Å². The van der Waals surface area contributed by atoms with Crippen molar-refractivity contribution < 1.29 is 10.0 Å². The number of benzene rings is 2. The van der Waals surface area contributed by atoms with Gasteiger partial charge in [-0.25, -0.2) is 15.1 Å². The minimum absolute atomic E-state index is 0.439. The Morgan fingerprint density at radius 2 is 1.86 bits per heavy atom. The average Bonchev–Trinajstić information content (AvgIpc) is 3.32. The van der Waals surface area contributed by atoms with Crippen molar-refractivity contribution in [3.05, 3.63) is 84.0 Å². The number of hydrogen-bond donors (Lipinski definition) is 2. The number of hydroxylamine groups is 1. The van der Waals surface area contributed by atoms with E-state index < -0.39 is 5.91 Å². The number of aromatic nitrogens is 5. The van der Waals surface area contributed by atoms with Gasteiger partial charge in [-0.3, -0.25) is 10.0 Å². The molecule has 8 heteroatoms. The Morgan fingerprint density at radius 1 is 1.07 bits per heavy atom. The van der Waals surface area contributed by atoms with E-state index in [0.717, 1.165) is 16.9 Å². The molecule has 0 radical (unpaired) electrons. The Labute approximate surface area is 160 Å². The van der Waals surface area contributed by atoms with E-state index in [1.165, 1.54) is 23.2 Å². The van der Waals surface area contributed by atoms with Crippen molar-refractivity contribution >= 4 is 23.0 Å². The fraction of sp³-hybridized carbons (Fsp3) is 0.100. The summed E-state index contributed by atoms with van der Waals surface area (Å²) in [5.41, 5.74) is 5.21. The van der Waals surface area contributed by atoms with Crippen molar-refractivity contribution in [3.8, 4) is 0 Å². The largest absolute Gasteiger partial charge is 0.322 e. The van der Waals surface area contributed by atoms with Gasteiger partial charge in [-0.05, 0) is 23.8 Å². The molecular weight excluding hydrogens is 356 g/mol. The van der Waals surface area contributed by atoms with Crippen LogP contribution in [0.25, 0.3) is 17.1 Å². The molecule has 0 aliphatic rings. The Hall–Kier alpha value is -3.78. The van der Waals surface area contributed by atoms with Crippen molar-refractivity contribution in [2.75, 3.05) is 0 Å². The molecule has 0 unspecified atom stereocenters. The molecule has 2 aromatic carbocycles. The molecule has 0 saturated heterocycles. The summed E-state index contributed by atoms with van der Waals surface area (Å²) in [5.74, 6) is 0.234. The number of amides is 1. The van der Waals surface area contributed by atoms with Crippen LogP contribution in [0.4, 0.5) is 0 Å². The second kappa shape index (κ2) is 7.85. The molecule has 0 aliphatic carbocycles. The van der Waals surface area contributed by atoms with Crippen LogP contribution in [0, 0.1) is 0 Å². The fourth-order valence-corrected chi connectivity index (χ4v) is 3.00. The normalized spacial score (nSPS) is 11.3. The van der Waals surface area contributed by atoms with E-state index in [9.17, 15) is 4.79 Å². The summed E-state index contributed by atoms with van der Waals surface area (Å²) >= 11 is 0. The lowest BCUT2D eigenvalue weighted by atomic mass is 10.2. The van der Waals surface area contributed by atoms with Crippen molar-refractivity contribution in [3.63, 3.8) is 0 Å². The Morgan fingerprint density at radius 3 is 2.68 bits per heavy atom. The maximum absolute atomic E-state index is 11.1. The molecule has 0 atom stereocenters. The predicted octanol–water partition coefficient (Wildman–Crippen LogP) is 2.24. The Balaban J connectivity index is 1.63. The van der Waals surface area contributed by atoms with Gasteiger partial charge < -0.3 is 4.57 Å². The highest BCUT2D eigenvalue weighted by atomic mass is 16.5. The predicted molar refractivity (Wildman–Crippen MR) is 103 cm³/mol. The molecule has 28 heavy (non-hydrogen) atoms. The molecule has 8 nitrogen and oxygen atoms in total. The summed E-state index contributed by atoms with van der Waals surface area (Å²) in [6, 6.07) is 18.2. The van der Waals surface area contributed by atoms with Crippen LogP contribution in [0.1, 0.15) is 17.1 Å².